The Bertz CT molecular complexity index is 579. The number of aliphatic carboxylic acids is 1. The average Bonchev–Trinajstić information content (AvgIpc) is 2.73. The van der Waals surface area contributed by atoms with Crippen LogP contribution < -0.4 is 0 Å². The van der Waals surface area contributed by atoms with Crippen molar-refractivity contribution in [1.29, 1.82) is 0 Å². The van der Waals surface area contributed by atoms with Crippen molar-refractivity contribution in [2.45, 2.75) is 0 Å². The third-order valence-corrected chi connectivity index (χ3v) is 3.09. The minimum absolute atomic E-state index is 0.303. The summed E-state index contributed by atoms with van der Waals surface area (Å²) in [6, 6.07) is 5.14. The Balaban J connectivity index is 2.26. The van der Waals surface area contributed by atoms with Crippen LogP contribution in [0.2, 0.25) is 0 Å². The van der Waals surface area contributed by atoms with Gasteiger partial charge in [0.15, 0.2) is 0 Å². The highest BCUT2D eigenvalue weighted by Gasteiger charge is 2.14. The van der Waals surface area contributed by atoms with Gasteiger partial charge < -0.3 is 10.0 Å². The molecule has 2 rings (SSSR count). The monoisotopic (exact) mass is 250 g/mol. The quantitative estimate of drug-likeness (QED) is 0.895. The third kappa shape index (κ3) is 2.42. The van der Waals surface area contributed by atoms with E-state index in [9.17, 15) is 9.59 Å². The fourth-order valence-electron chi connectivity index (χ4n) is 1.48. The summed E-state index contributed by atoms with van der Waals surface area (Å²) in [5.41, 5.74) is 3.03. The van der Waals surface area contributed by atoms with Crippen LogP contribution in [0.15, 0.2) is 23.7 Å². The van der Waals surface area contributed by atoms with E-state index in [0.717, 1.165) is 10.2 Å². The molecule has 6 heteroatoms. The SMILES string of the molecule is CN(CC(=O)O)C(=O)c1ccc2ncsc2c1. The third-order valence-electron chi connectivity index (χ3n) is 2.30. The molecule has 0 saturated heterocycles. The molecule has 0 atom stereocenters. The second kappa shape index (κ2) is 4.50. The molecule has 17 heavy (non-hydrogen) atoms. The van der Waals surface area contributed by atoms with Crippen LogP contribution in [-0.2, 0) is 4.79 Å². The molecular weight excluding hydrogens is 240 g/mol. The normalized spacial score (nSPS) is 10.4. The van der Waals surface area contributed by atoms with Crippen molar-refractivity contribution in [1.82, 2.24) is 9.88 Å². The van der Waals surface area contributed by atoms with Crippen molar-refractivity contribution < 1.29 is 14.7 Å². The van der Waals surface area contributed by atoms with Gasteiger partial charge in [0.05, 0.1) is 15.7 Å². The molecule has 1 aromatic carbocycles. The highest BCUT2D eigenvalue weighted by atomic mass is 32.1. The Labute approximate surface area is 101 Å². The van der Waals surface area contributed by atoms with Crippen LogP contribution in [-0.4, -0.2) is 40.5 Å². The Hall–Kier alpha value is -1.95. The molecule has 0 fully saturated rings. The van der Waals surface area contributed by atoms with Gasteiger partial charge in [0.25, 0.3) is 5.91 Å². The van der Waals surface area contributed by atoms with Gasteiger partial charge in [0.2, 0.25) is 0 Å². The Morgan fingerprint density at radius 3 is 2.94 bits per heavy atom. The van der Waals surface area contributed by atoms with Gasteiger partial charge in [0, 0.05) is 12.6 Å². The van der Waals surface area contributed by atoms with Gasteiger partial charge in [-0.2, -0.15) is 0 Å². The van der Waals surface area contributed by atoms with E-state index in [4.69, 9.17) is 5.11 Å². The number of hydrogen-bond donors (Lipinski definition) is 1. The number of carbonyl (C=O) groups excluding carboxylic acids is 1. The second-order valence-corrected chi connectivity index (χ2v) is 4.48. The molecule has 0 spiro atoms. The minimum atomic E-state index is -1.03. The predicted molar refractivity (Wildman–Crippen MR) is 64.2 cm³/mol. The fourth-order valence-corrected chi connectivity index (χ4v) is 2.20. The van der Waals surface area contributed by atoms with Crippen LogP contribution >= 0.6 is 11.3 Å². The van der Waals surface area contributed by atoms with E-state index < -0.39 is 5.97 Å². The lowest BCUT2D eigenvalue weighted by atomic mass is 10.2. The summed E-state index contributed by atoms with van der Waals surface area (Å²) in [4.78, 5) is 27.7. The number of nitrogens with zero attached hydrogens (tertiary/aromatic N) is 2. The molecule has 0 radical (unpaired) electrons. The minimum Gasteiger partial charge on any atom is -0.480 e. The molecule has 0 aliphatic rings. The first kappa shape index (κ1) is 11.5. The van der Waals surface area contributed by atoms with Crippen molar-refractivity contribution in [2.24, 2.45) is 0 Å². The summed E-state index contributed by atoms with van der Waals surface area (Å²) in [5, 5.41) is 8.62. The van der Waals surface area contributed by atoms with Gasteiger partial charge in [-0.25, -0.2) is 4.98 Å². The van der Waals surface area contributed by atoms with Crippen LogP contribution in [0.25, 0.3) is 10.2 Å². The lowest BCUT2D eigenvalue weighted by Crippen LogP contribution is -2.31. The number of carbonyl (C=O) groups is 2. The summed E-state index contributed by atoms with van der Waals surface area (Å²) in [6.07, 6.45) is 0. The highest BCUT2D eigenvalue weighted by molar-refractivity contribution is 7.16. The van der Waals surface area contributed by atoms with Gasteiger partial charge >= 0.3 is 5.97 Å². The lowest BCUT2D eigenvalue weighted by molar-refractivity contribution is -0.137. The number of rotatable bonds is 3. The van der Waals surface area contributed by atoms with Gasteiger partial charge in [-0.1, -0.05) is 0 Å². The zero-order valence-corrected chi connectivity index (χ0v) is 9.90. The van der Waals surface area contributed by atoms with Crippen LogP contribution in [0.3, 0.4) is 0 Å². The number of benzene rings is 1. The zero-order valence-electron chi connectivity index (χ0n) is 9.08. The molecule has 0 unspecified atom stereocenters. The summed E-state index contributed by atoms with van der Waals surface area (Å²) >= 11 is 1.45. The number of thiazole rings is 1. The first-order chi connectivity index (χ1) is 8.08. The summed E-state index contributed by atoms with van der Waals surface area (Å²) in [7, 11) is 1.47. The van der Waals surface area contributed by atoms with Gasteiger partial charge in [-0.15, -0.1) is 11.3 Å². The van der Waals surface area contributed by atoms with Crippen molar-refractivity contribution in [2.75, 3.05) is 13.6 Å². The van der Waals surface area contributed by atoms with Gasteiger partial charge in [0.1, 0.15) is 6.54 Å². The Kier molecular flexibility index (Phi) is 3.06. The first-order valence-corrected chi connectivity index (χ1v) is 5.76. The first-order valence-electron chi connectivity index (χ1n) is 4.88. The molecule has 2 aromatic rings. The molecule has 1 heterocycles. The van der Waals surface area contributed by atoms with Crippen molar-refractivity contribution in [3.8, 4) is 0 Å². The number of amides is 1. The van der Waals surface area contributed by atoms with Crippen LogP contribution in [0, 0.1) is 0 Å². The van der Waals surface area contributed by atoms with Crippen LogP contribution in [0.4, 0.5) is 0 Å². The molecule has 0 saturated carbocycles. The van der Waals surface area contributed by atoms with Gasteiger partial charge in [-0.05, 0) is 18.2 Å². The van der Waals surface area contributed by atoms with Crippen LogP contribution in [0.5, 0.6) is 0 Å². The largest absolute Gasteiger partial charge is 0.480 e. The van der Waals surface area contributed by atoms with E-state index in [1.807, 2.05) is 0 Å². The molecular formula is C11H10N2O3S. The van der Waals surface area contributed by atoms with E-state index >= 15 is 0 Å². The van der Waals surface area contributed by atoms with E-state index in [1.165, 1.54) is 23.3 Å². The summed E-state index contributed by atoms with van der Waals surface area (Å²) in [6.45, 7) is -0.306. The summed E-state index contributed by atoms with van der Waals surface area (Å²) in [5.74, 6) is -1.33. The van der Waals surface area contributed by atoms with Crippen molar-refractivity contribution >= 4 is 33.4 Å². The molecule has 5 nitrogen and oxygen atoms in total. The maximum atomic E-state index is 11.9. The van der Waals surface area contributed by atoms with E-state index in [1.54, 1.807) is 23.7 Å². The molecule has 0 bridgehead atoms. The smallest absolute Gasteiger partial charge is 0.323 e. The molecule has 1 amide bonds. The summed E-state index contributed by atoms with van der Waals surface area (Å²) < 4.78 is 0.916. The Morgan fingerprint density at radius 1 is 1.47 bits per heavy atom. The van der Waals surface area contributed by atoms with Crippen molar-refractivity contribution in [3.63, 3.8) is 0 Å². The maximum absolute atomic E-state index is 11.9. The lowest BCUT2D eigenvalue weighted by Gasteiger charge is -2.14. The molecule has 88 valence electrons. The number of fused-ring (bicyclic) bond motifs is 1. The number of hydrogen-bond acceptors (Lipinski definition) is 4. The average molecular weight is 250 g/mol. The standard InChI is InChI=1S/C11H10N2O3S/c1-13(5-10(14)15)11(16)7-2-3-8-9(4-7)17-6-12-8/h2-4,6H,5H2,1H3,(H,14,15). The van der Waals surface area contributed by atoms with Crippen LogP contribution in [0.1, 0.15) is 10.4 Å². The number of carboxylic acids is 1. The number of carboxylic acid groups (broad SMARTS) is 1. The zero-order chi connectivity index (χ0) is 12.4. The second-order valence-electron chi connectivity index (χ2n) is 3.59. The number of aromatic nitrogens is 1. The molecule has 1 N–H and O–H groups in total. The fraction of sp³-hybridized carbons (Fsp3) is 0.182. The van der Waals surface area contributed by atoms with E-state index in [-0.39, 0.29) is 12.5 Å². The predicted octanol–water partition coefficient (Wildman–Crippen LogP) is 1.45. The maximum Gasteiger partial charge on any atom is 0.323 e. The topological polar surface area (TPSA) is 70.5 Å². The van der Waals surface area contributed by atoms with Gasteiger partial charge in [-0.3, -0.25) is 9.59 Å². The number of likely N-dealkylation sites (N-methyl/N-ethyl adjacent to an activating group) is 1. The Morgan fingerprint density at radius 2 is 2.24 bits per heavy atom. The highest BCUT2D eigenvalue weighted by Crippen LogP contribution is 2.19. The van der Waals surface area contributed by atoms with E-state index in [0.29, 0.717) is 5.56 Å². The van der Waals surface area contributed by atoms with E-state index in [2.05, 4.69) is 4.98 Å². The molecule has 1 aromatic heterocycles. The molecule has 0 aliphatic heterocycles. The van der Waals surface area contributed by atoms with Crippen molar-refractivity contribution in [3.05, 3.63) is 29.3 Å². The molecule has 0 aliphatic carbocycles.